The second-order valence-electron chi connectivity index (χ2n) is 0.890. The molecule has 0 radical (unpaired) electrons. The molecule has 0 aliphatic carbocycles. The Hall–Kier alpha value is -0.710. The third-order valence-electron chi connectivity index (χ3n) is 0.438. The van der Waals surface area contributed by atoms with E-state index in [2.05, 4.69) is 15.2 Å². The van der Waals surface area contributed by atoms with E-state index in [0.717, 1.165) is 0 Å². The van der Waals surface area contributed by atoms with Crippen LogP contribution in [0.1, 0.15) is 0 Å². The van der Waals surface area contributed by atoms with Crippen LogP contribution >= 0.6 is 0 Å². The molecule has 1 heterocycles. The molecule has 0 saturated heterocycles. The highest BCUT2D eigenvalue weighted by Crippen LogP contribution is 1.90. The molecule has 1 unspecified atom stereocenters. The van der Waals surface area contributed by atoms with Gasteiger partial charge in [-0.05, 0) is 0 Å². The van der Waals surface area contributed by atoms with E-state index in [4.69, 9.17) is 0 Å². The third-order valence-corrected chi connectivity index (χ3v) is 1.05. The first kappa shape index (κ1) is 4.45. The molecule has 1 aliphatic heterocycles. The fourth-order valence-electron chi connectivity index (χ4n) is 0.213. The van der Waals surface area contributed by atoms with E-state index in [1.807, 2.05) is 0 Å². The maximum absolute atomic E-state index is 10.2. The molecule has 4 nitrogen and oxygen atoms in total. The van der Waals surface area contributed by atoms with Gasteiger partial charge in [0.15, 0.2) is 11.0 Å². The van der Waals surface area contributed by atoms with E-state index in [1.54, 1.807) is 0 Å². The Morgan fingerprint density at radius 3 is 2.86 bits per heavy atom. The maximum atomic E-state index is 10.2. The van der Waals surface area contributed by atoms with E-state index in [0.29, 0.717) is 0 Å². The Kier molecular flexibility index (Phi) is 1.16. The molecule has 1 aliphatic rings. The van der Waals surface area contributed by atoms with Gasteiger partial charge in [0.2, 0.25) is 0 Å². The van der Waals surface area contributed by atoms with Crippen LogP contribution in [0.15, 0.2) is 21.4 Å². The number of rotatable bonds is 0. The summed E-state index contributed by atoms with van der Waals surface area (Å²) in [4.78, 5) is 0. The van der Waals surface area contributed by atoms with Gasteiger partial charge in [-0.25, -0.2) is 4.21 Å². The molecular weight excluding hydrogens is 114 g/mol. The van der Waals surface area contributed by atoms with Gasteiger partial charge in [0.1, 0.15) is 0 Å². The quantitative estimate of drug-likeness (QED) is 0.489. The number of hydrogen-bond donors (Lipinski definition) is 1. The number of nitrogens with zero attached hydrogens (tertiary/aromatic N) is 2. The highest BCUT2D eigenvalue weighted by molar-refractivity contribution is 7.86. The van der Waals surface area contributed by atoms with E-state index in [1.165, 1.54) is 11.6 Å². The Morgan fingerprint density at radius 1 is 1.71 bits per heavy atom. The van der Waals surface area contributed by atoms with Gasteiger partial charge in [-0.2, -0.15) is 0 Å². The van der Waals surface area contributed by atoms with Crippen LogP contribution in [0.4, 0.5) is 0 Å². The minimum Gasteiger partial charge on any atom is -0.266 e. The molecule has 7 heavy (non-hydrogen) atoms. The molecular formula is C2H3N3OS. The van der Waals surface area contributed by atoms with Crippen molar-refractivity contribution >= 4 is 11.0 Å². The smallest absolute Gasteiger partial charge is 0.187 e. The van der Waals surface area contributed by atoms with Crippen LogP contribution in [-0.4, -0.2) is 4.21 Å². The standard InChI is InChI=1S/C2H3N3OS/c6-7-2-1-3-4-5-7/h1-2H,(H,3,5). The van der Waals surface area contributed by atoms with E-state index < -0.39 is 11.0 Å². The summed E-state index contributed by atoms with van der Waals surface area (Å²) in [7, 11) is -1.22. The van der Waals surface area contributed by atoms with E-state index in [9.17, 15) is 4.21 Å². The lowest BCUT2D eigenvalue weighted by Crippen LogP contribution is -1.96. The zero-order chi connectivity index (χ0) is 5.11. The Morgan fingerprint density at radius 2 is 2.57 bits per heavy atom. The Balaban J connectivity index is 2.66. The number of nitrogens with one attached hydrogen (secondary N) is 1. The zero-order valence-electron chi connectivity index (χ0n) is 3.37. The molecule has 0 bridgehead atoms. The van der Waals surface area contributed by atoms with Crippen molar-refractivity contribution in [1.82, 2.24) is 5.43 Å². The first-order valence-corrected chi connectivity index (χ1v) is 2.80. The predicted octanol–water partition coefficient (Wildman–Crippen LogP) is 0.0917. The molecule has 0 aromatic heterocycles. The van der Waals surface area contributed by atoms with Crippen molar-refractivity contribution in [2.45, 2.75) is 0 Å². The van der Waals surface area contributed by atoms with Crippen LogP contribution in [0, 0.1) is 0 Å². The summed E-state index contributed by atoms with van der Waals surface area (Å²) in [5.74, 6) is 0. The van der Waals surface area contributed by atoms with Crippen molar-refractivity contribution in [3.05, 3.63) is 11.6 Å². The van der Waals surface area contributed by atoms with Gasteiger partial charge in [-0.3, -0.25) is 5.43 Å². The third kappa shape index (κ3) is 1.08. The van der Waals surface area contributed by atoms with Crippen LogP contribution in [0.5, 0.6) is 0 Å². The largest absolute Gasteiger partial charge is 0.266 e. The highest BCUT2D eigenvalue weighted by Gasteiger charge is 1.89. The van der Waals surface area contributed by atoms with Gasteiger partial charge in [0.05, 0.1) is 0 Å². The SMILES string of the molecule is O=S1C=CNN=N1. The minimum atomic E-state index is -1.22. The Bertz CT molecular complexity index is 126. The summed E-state index contributed by atoms with van der Waals surface area (Å²) < 4.78 is 13.4. The molecule has 0 aromatic rings. The van der Waals surface area contributed by atoms with Gasteiger partial charge in [-0.15, -0.1) is 0 Å². The van der Waals surface area contributed by atoms with Crippen molar-refractivity contribution < 1.29 is 4.21 Å². The first-order valence-electron chi connectivity index (χ1n) is 1.63. The second-order valence-corrected chi connectivity index (χ2v) is 1.88. The number of hydrogen-bond acceptors (Lipinski definition) is 3. The molecule has 1 rings (SSSR count). The summed E-state index contributed by atoms with van der Waals surface area (Å²) in [6, 6.07) is 0. The van der Waals surface area contributed by atoms with Crippen LogP contribution in [0.3, 0.4) is 0 Å². The van der Waals surface area contributed by atoms with Crippen molar-refractivity contribution in [1.29, 1.82) is 0 Å². The summed E-state index contributed by atoms with van der Waals surface area (Å²) in [6.45, 7) is 0. The summed E-state index contributed by atoms with van der Waals surface area (Å²) >= 11 is 0. The molecule has 1 atom stereocenters. The molecule has 0 amide bonds. The van der Waals surface area contributed by atoms with Crippen LogP contribution in [-0.2, 0) is 11.0 Å². The maximum Gasteiger partial charge on any atom is 0.187 e. The van der Waals surface area contributed by atoms with Gasteiger partial charge >= 0.3 is 0 Å². The highest BCUT2D eigenvalue weighted by atomic mass is 32.2. The zero-order valence-corrected chi connectivity index (χ0v) is 4.18. The molecule has 0 fully saturated rings. The average Bonchev–Trinajstić information content (AvgIpc) is 1.69. The van der Waals surface area contributed by atoms with Gasteiger partial charge in [0.25, 0.3) is 0 Å². The molecule has 0 aromatic carbocycles. The van der Waals surface area contributed by atoms with E-state index in [-0.39, 0.29) is 0 Å². The molecule has 5 heteroatoms. The lowest BCUT2D eigenvalue weighted by molar-refractivity contribution is 0.683. The van der Waals surface area contributed by atoms with Gasteiger partial charge < -0.3 is 0 Å². The van der Waals surface area contributed by atoms with Crippen molar-refractivity contribution in [2.24, 2.45) is 9.74 Å². The van der Waals surface area contributed by atoms with Crippen LogP contribution < -0.4 is 5.43 Å². The molecule has 0 spiro atoms. The Labute approximate surface area is 42.9 Å². The lowest BCUT2D eigenvalue weighted by Gasteiger charge is -1.90. The first-order chi connectivity index (χ1) is 3.39. The lowest BCUT2D eigenvalue weighted by atomic mass is 11.1. The van der Waals surface area contributed by atoms with E-state index >= 15 is 0 Å². The fourth-order valence-corrected chi connectivity index (χ4v) is 0.572. The summed E-state index contributed by atoms with van der Waals surface area (Å²) in [5.41, 5.74) is 2.40. The monoisotopic (exact) mass is 117 g/mol. The minimum absolute atomic E-state index is 1.22. The van der Waals surface area contributed by atoms with Crippen molar-refractivity contribution in [2.75, 3.05) is 0 Å². The van der Waals surface area contributed by atoms with Crippen LogP contribution in [0.2, 0.25) is 0 Å². The van der Waals surface area contributed by atoms with Crippen molar-refractivity contribution in [3.8, 4) is 0 Å². The van der Waals surface area contributed by atoms with Gasteiger partial charge in [0, 0.05) is 11.6 Å². The fraction of sp³-hybridized carbons (Fsp3) is 0. The molecule has 0 saturated carbocycles. The van der Waals surface area contributed by atoms with Crippen LogP contribution in [0.25, 0.3) is 0 Å². The van der Waals surface area contributed by atoms with Crippen molar-refractivity contribution in [3.63, 3.8) is 0 Å². The molecule has 38 valence electrons. The predicted molar refractivity (Wildman–Crippen MR) is 25.3 cm³/mol. The normalized spacial score (nSPS) is 27.1. The average molecular weight is 117 g/mol. The van der Waals surface area contributed by atoms with Gasteiger partial charge in [-0.1, -0.05) is 9.74 Å². The topological polar surface area (TPSA) is 53.8 Å². The molecule has 1 N–H and O–H groups in total. The second kappa shape index (κ2) is 1.83. The summed E-state index contributed by atoms with van der Waals surface area (Å²) in [6.07, 6.45) is 1.48. The summed E-state index contributed by atoms with van der Waals surface area (Å²) in [5, 5.41) is 4.66.